The fourth-order valence-electron chi connectivity index (χ4n) is 5.09. The lowest BCUT2D eigenvalue weighted by Crippen LogP contribution is -2.45. The van der Waals surface area contributed by atoms with Crippen LogP contribution in [0.5, 0.6) is 0 Å². The summed E-state index contributed by atoms with van der Waals surface area (Å²) in [6, 6.07) is 20.5. The topological polar surface area (TPSA) is 76.5 Å². The Bertz CT molecular complexity index is 1480. The van der Waals surface area contributed by atoms with Gasteiger partial charge in [-0.25, -0.2) is 9.48 Å². The van der Waals surface area contributed by atoms with Gasteiger partial charge >= 0.3 is 12.0 Å². The molecule has 0 bridgehead atoms. The molecular weight excluding hydrogens is 535 g/mol. The Morgan fingerprint density at radius 1 is 1.03 bits per heavy atom. The molecule has 0 unspecified atom stereocenters. The maximum atomic E-state index is 14.1. The number of carbonyl (C=O) groups excluding carboxylic acids is 2. The van der Waals surface area contributed by atoms with Gasteiger partial charge in [0.15, 0.2) is 0 Å². The van der Waals surface area contributed by atoms with Gasteiger partial charge in [0, 0.05) is 29.8 Å². The van der Waals surface area contributed by atoms with Crippen molar-refractivity contribution < 1.29 is 14.3 Å². The molecule has 7 nitrogen and oxygen atoms in total. The second-order valence-electron chi connectivity index (χ2n) is 9.73. The minimum atomic E-state index is -0.321. The SMILES string of the molecule is CC(=O)OCCc1ccc(NC(=O)N(c2c3ccccc3nn2-c2ccc(Cl)cc2)C2CCCCC2)c(Cl)c1. The molecule has 0 spiro atoms. The van der Waals surface area contributed by atoms with Gasteiger partial charge in [-0.05, 0) is 66.9 Å². The summed E-state index contributed by atoms with van der Waals surface area (Å²) in [7, 11) is 0. The number of rotatable bonds is 7. The summed E-state index contributed by atoms with van der Waals surface area (Å²) in [5.74, 6) is 0.393. The molecule has 0 radical (unpaired) electrons. The number of amides is 2. The fraction of sp³-hybridized carbons (Fsp3) is 0.300. The molecule has 9 heteroatoms. The van der Waals surface area contributed by atoms with E-state index in [1.54, 1.807) is 12.1 Å². The zero-order valence-electron chi connectivity index (χ0n) is 21.7. The second kappa shape index (κ2) is 12.1. The smallest absolute Gasteiger partial charge is 0.327 e. The molecule has 0 saturated heterocycles. The normalized spacial score (nSPS) is 13.8. The van der Waals surface area contributed by atoms with E-state index in [2.05, 4.69) is 5.32 Å². The van der Waals surface area contributed by atoms with Crippen molar-refractivity contribution in [2.24, 2.45) is 0 Å². The van der Waals surface area contributed by atoms with E-state index < -0.39 is 0 Å². The molecular formula is C30H30Cl2N4O3. The molecule has 1 aliphatic rings. The minimum Gasteiger partial charge on any atom is -0.466 e. The number of aromatic nitrogens is 2. The Morgan fingerprint density at radius 3 is 2.49 bits per heavy atom. The number of esters is 1. The van der Waals surface area contributed by atoms with Gasteiger partial charge in [0.25, 0.3) is 0 Å². The Balaban J connectivity index is 1.52. The molecule has 0 atom stereocenters. The molecule has 1 aromatic heterocycles. The number of carbonyl (C=O) groups is 2. The van der Waals surface area contributed by atoms with Crippen LogP contribution >= 0.6 is 23.2 Å². The van der Waals surface area contributed by atoms with Crippen LogP contribution in [-0.4, -0.2) is 34.4 Å². The maximum absolute atomic E-state index is 14.1. The Hall–Kier alpha value is -3.55. The van der Waals surface area contributed by atoms with Crippen LogP contribution in [0.15, 0.2) is 66.7 Å². The molecule has 39 heavy (non-hydrogen) atoms. The average Bonchev–Trinajstić information content (AvgIpc) is 3.30. The molecule has 0 aliphatic heterocycles. The summed E-state index contributed by atoms with van der Waals surface area (Å²) in [6.07, 6.45) is 5.60. The first-order valence-corrected chi connectivity index (χ1v) is 13.9. The van der Waals surface area contributed by atoms with Crippen LogP contribution in [0.1, 0.15) is 44.6 Å². The molecule has 1 heterocycles. The van der Waals surface area contributed by atoms with Crippen LogP contribution in [0.2, 0.25) is 10.0 Å². The van der Waals surface area contributed by atoms with E-state index in [1.165, 1.54) is 6.92 Å². The first-order chi connectivity index (χ1) is 18.9. The third-order valence-electron chi connectivity index (χ3n) is 6.98. The molecule has 4 aromatic rings. The molecule has 1 aliphatic carbocycles. The molecule has 202 valence electrons. The number of hydrogen-bond acceptors (Lipinski definition) is 4. The Morgan fingerprint density at radius 2 is 1.77 bits per heavy atom. The van der Waals surface area contributed by atoms with Gasteiger partial charge in [-0.2, -0.15) is 5.10 Å². The largest absolute Gasteiger partial charge is 0.466 e. The van der Waals surface area contributed by atoms with Crippen molar-refractivity contribution in [2.45, 2.75) is 51.5 Å². The van der Waals surface area contributed by atoms with Crippen molar-refractivity contribution in [2.75, 3.05) is 16.8 Å². The first kappa shape index (κ1) is 27.0. The van der Waals surface area contributed by atoms with Crippen molar-refractivity contribution >= 4 is 57.6 Å². The second-order valence-corrected chi connectivity index (χ2v) is 10.6. The Kier molecular flexibility index (Phi) is 8.38. The van der Waals surface area contributed by atoms with Crippen LogP contribution in [0.4, 0.5) is 16.3 Å². The van der Waals surface area contributed by atoms with Crippen molar-refractivity contribution in [1.29, 1.82) is 0 Å². The lowest BCUT2D eigenvalue weighted by atomic mass is 9.94. The minimum absolute atomic E-state index is 0.00619. The van der Waals surface area contributed by atoms with Gasteiger partial charge in [0.2, 0.25) is 0 Å². The van der Waals surface area contributed by atoms with Crippen molar-refractivity contribution in [3.05, 3.63) is 82.3 Å². The molecule has 1 fully saturated rings. The van der Waals surface area contributed by atoms with Gasteiger partial charge in [-0.3, -0.25) is 9.69 Å². The van der Waals surface area contributed by atoms with Crippen molar-refractivity contribution in [3.63, 3.8) is 0 Å². The lowest BCUT2D eigenvalue weighted by Gasteiger charge is -2.34. The predicted molar refractivity (Wildman–Crippen MR) is 156 cm³/mol. The molecule has 1 N–H and O–H groups in total. The van der Waals surface area contributed by atoms with Gasteiger partial charge in [-0.1, -0.05) is 60.7 Å². The number of fused-ring (bicyclic) bond motifs is 1. The quantitative estimate of drug-likeness (QED) is 0.232. The van der Waals surface area contributed by atoms with Gasteiger partial charge in [0.05, 0.1) is 28.5 Å². The Labute approximate surface area is 237 Å². The number of urea groups is 1. The maximum Gasteiger partial charge on any atom is 0.327 e. The van der Waals surface area contributed by atoms with E-state index in [9.17, 15) is 9.59 Å². The number of anilines is 2. The van der Waals surface area contributed by atoms with E-state index in [0.29, 0.717) is 28.0 Å². The van der Waals surface area contributed by atoms with E-state index >= 15 is 0 Å². The summed E-state index contributed by atoms with van der Waals surface area (Å²) in [4.78, 5) is 27.0. The summed E-state index contributed by atoms with van der Waals surface area (Å²) in [5, 5.41) is 9.87. The number of nitrogens with zero attached hydrogens (tertiary/aromatic N) is 3. The summed E-state index contributed by atoms with van der Waals surface area (Å²) >= 11 is 12.8. The van der Waals surface area contributed by atoms with Gasteiger partial charge in [0.1, 0.15) is 5.82 Å². The van der Waals surface area contributed by atoms with E-state index in [0.717, 1.165) is 54.3 Å². The molecule has 5 rings (SSSR count). The van der Waals surface area contributed by atoms with Crippen LogP contribution in [0, 0.1) is 0 Å². The van der Waals surface area contributed by atoms with Crippen LogP contribution < -0.4 is 10.2 Å². The van der Waals surface area contributed by atoms with Crippen molar-refractivity contribution in [3.8, 4) is 5.69 Å². The summed E-state index contributed by atoms with van der Waals surface area (Å²) < 4.78 is 6.86. The van der Waals surface area contributed by atoms with Gasteiger partial charge in [-0.15, -0.1) is 0 Å². The zero-order chi connectivity index (χ0) is 27.4. The molecule has 3 aromatic carbocycles. The molecule has 2 amide bonds. The van der Waals surface area contributed by atoms with Crippen LogP contribution in [0.3, 0.4) is 0 Å². The third kappa shape index (κ3) is 6.21. The average molecular weight is 566 g/mol. The highest BCUT2D eigenvalue weighted by molar-refractivity contribution is 6.34. The van der Waals surface area contributed by atoms with Gasteiger partial charge < -0.3 is 10.1 Å². The monoisotopic (exact) mass is 564 g/mol. The highest BCUT2D eigenvalue weighted by atomic mass is 35.5. The summed E-state index contributed by atoms with van der Waals surface area (Å²) in [5.41, 5.74) is 3.04. The summed E-state index contributed by atoms with van der Waals surface area (Å²) in [6.45, 7) is 1.65. The number of halogens is 2. The first-order valence-electron chi connectivity index (χ1n) is 13.2. The van der Waals surface area contributed by atoms with E-state index in [4.69, 9.17) is 33.0 Å². The van der Waals surface area contributed by atoms with E-state index in [1.807, 2.05) is 64.2 Å². The highest BCUT2D eigenvalue weighted by Crippen LogP contribution is 2.36. The number of benzene rings is 3. The van der Waals surface area contributed by atoms with Crippen molar-refractivity contribution in [1.82, 2.24) is 9.78 Å². The number of ether oxygens (including phenoxy) is 1. The lowest BCUT2D eigenvalue weighted by molar-refractivity contribution is -0.140. The van der Waals surface area contributed by atoms with Crippen LogP contribution in [-0.2, 0) is 16.0 Å². The highest BCUT2D eigenvalue weighted by Gasteiger charge is 2.32. The number of hydrogen-bond donors (Lipinski definition) is 1. The van der Waals surface area contributed by atoms with Crippen LogP contribution in [0.25, 0.3) is 16.6 Å². The third-order valence-corrected chi connectivity index (χ3v) is 7.55. The molecule has 1 saturated carbocycles. The number of nitrogens with one attached hydrogen (secondary N) is 1. The fourth-order valence-corrected chi connectivity index (χ4v) is 5.47. The predicted octanol–water partition coefficient (Wildman–Crippen LogP) is 7.81. The standard InChI is InChI=1S/C30H30Cl2N4O3/c1-20(37)39-18-17-21-11-16-28(26(32)19-21)33-30(38)35(23-7-3-2-4-8-23)29-25-9-5-6-10-27(25)34-36(29)24-14-12-22(31)13-15-24/h5-6,9-16,19,23H,2-4,7-8,17-18H2,1H3,(H,33,38). The van der Waals surface area contributed by atoms with E-state index in [-0.39, 0.29) is 24.6 Å². The zero-order valence-corrected chi connectivity index (χ0v) is 23.2.